The molecule has 0 bridgehead atoms. The van der Waals surface area contributed by atoms with E-state index in [1.807, 2.05) is 14.1 Å². The molecule has 11 nitrogen and oxygen atoms in total. The van der Waals surface area contributed by atoms with Crippen molar-refractivity contribution in [3.63, 3.8) is 0 Å². The van der Waals surface area contributed by atoms with Crippen molar-refractivity contribution in [2.75, 3.05) is 47.1 Å². The summed E-state index contributed by atoms with van der Waals surface area (Å²) in [5, 5.41) is 25.3. The third-order valence-corrected chi connectivity index (χ3v) is 3.36. The van der Waals surface area contributed by atoms with Crippen LogP contribution in [0.5, 0.6) is 0 Å². The van der Waals surface area contributed by atoms with Crippen LogP contribution in [0, 0.1) is 21.4 Å². The second-order valence-electron chi connectivity index (χ2n) is 5.94. The smallest absolute Gasteiger partial charge is 0.359 e. The minimum Gasteiger partial charge on any atom is -0.359 e. The lowest BCUT2D eigenvalue weighted by molar-refractivity contribution is -0.427. The van der Waals surface area contributed by atoms with Gasteiger partial charge in [0.1, 0.15) is 19.6 Å². The summed E-state index contributed by atoms with van der Waals surface area (Å²) >= 11 is 0. The van der Waals surface area contributed by atoms with E-state index in [2.05, 4.69) is 45.1 Å². The van der Waals surface area contributed by atoms with Crippen LogP contribution in [0.3, 0.4) is 0 Å². The molecule has 1 atom stereocenters. The molecule has 0 radical (unpaired) electrons. The Labute approximate surface area is 171 Å². The van der Waals surface area contributed by atoms with Crippen LogP contribution >= 0.6 is 0 Å². The predicted octanol–water partition coefficient (Wildman–Crippen LogP) is 0.805. The number of nitrogens with zero attached hydrogens (tertiary/aromatic N) is 6. The fraction of sp³-hybridized carbons (Fsp3) is 0.556. The third-order valence-electron chi connectivity index (χ3n) is 3.36. The molecule has 1 heterocycles. The van der Waals surface area contributed by atoms with Crippen LogP contribution in [0.2, 0.25) is 0 Å². The van der Waals surface area contributed by atoms with Gasteiger partial charge in [0.05, 0.1) is 12.7 Å². The zero-order valence-electron chi connectivity index (χ0n) is 17.1. The molecule has 0 aliphatic carbocycles. The molecule has 0 aromatic carbocycles. The largest absolute Gasteiger partial charge is 0.378 e. The van der Waals surface area contributed by atoms with E-state index >= 15 is 0 Å². The van der Waals surface area contributed by atoms with Gasteiger partial charge in [-0.25, -0.2) is 0 Å². The maximum absolute atomic E-state index is 10.8. The number of aliphatic imine (C=N–C) groups is 3. The highest BCUT2D eigenvalue weighted by atomic mass is 16.6. The molecule has 2 N–H and O–H groups in total. The Bertz CT molecular complexity index is 640. The van der Waals surface area contributed by atoms with Crippen LogP contribution in [0.15, 0.2) is 38.8 Å². The average Bonchev–Trinajstić information content (AvgIpc) is 2.70. The summed E-state index contributed by atoms with van der Waals surface area (Å²) in [6.07, 6.45) is 5.81. The van der Waals surface area contributed by atoms with Gasteiger partial charge >= 0.3 is 5.82 Å². The van der Waals surface area contributed by atoms with E-state index in [0.717, 1.165) is 5.57 Å². The van der Waals surface area contributed by atoms with Crippen molar-refractivity contribution in [1.29, 1.82) is 5.26 Å². The van der Waals surface area contributed by atoms with E-state index in [9.17, 15) is 10.1 Å². The quantitative estimate of drug-likeness (QED) is 0.224. The van der Waals surface area contributed by atoms with E-state index in [1.54, 1.807) is 17.3 Å². The van der Waals surface area contributed by atoms with Crippen molar-refractivity contribution < 1.29 is 9.66 Å². The van der Waals surface area contributed by atoms with Crippen molar-refractivity contribution in [3.8, 4) is 6.07 Å². The SMILES string of the molecule is C=N/C=C(\C=NCCCC#N)CNC1COCN(/C=C(\N=C)[N+](=O)[O-])C1.CNC. The predicted molar refractivity (Wildman–Crippen MR) is 115 cm³/mol. The Balaban J connectivity index is 0.00000245. The summed E-state index contributed by atoms with van der Waals surface area (Å²) in [6, 6.07) is 2.04. The second kappa shape index (κ2) is 17.2. The summed E-state index contributed by atoms with van der Waals surface area (Å²) < 4.78 is 5.45. The molecule has 0 spiro atoms. The molecule has 0 amide bonds. The van der Waals surface area contributed by atoms with Crippen molar-refractivity contribution in [1.82, 2.24) is 15.5 Å². The van der Waals surface area contributed by atoms with Gasteiger partial charge in [0.2, 0.25) is 0 Å². The average molecular weight is 406 g/mol. The molecule has 160 valence electrons. The number of ether oxygens (including phenoxy) is 1. The molecule has 0 aromatic rings. The summed E-state index contributed by atoms with van der Waals surface area (Å²) in [4.78, 5) is 23.3. The zero-order valence-corrected chi connectivity index (χ0v) is 17.1. The van der Waals surface area contributed by atoms with E-state index < -0.39 is 4.92 Å². The third kappa shape index (κ3) is 13.0. The lowest BCUT2D eigenvalue weighted by Gasteiger charge is -2.31. The van der Waals surface area contributed by atoms with Crippen LogP contribution in [0.4, 0.5) is 0 Å². The van der Waals surface area contributed by atoms with Gasteiger partial charge in [0, 0.05) is 50.1 Å². The molecule has 1 fully saturated rings. The van der Waals surface area contributed by atoms with E-state index in [1.165, 1.54) is 6.20 Å². The van der Waals surface area contributed by atoms with Crippen molar-refractivity contribution in [3.05, 3.63) is 33.9 Å². The topological polar surface area (TPSA) is 141 Å². The molecule has 29 heavy (non-hydrogen) atoms. The standard InChI is InChI=1S/C16H23N7O3.C2H7N/c1-18-7-14(8-20-6-4-3-5-17)9-21-15-10-22(13-26-12-15)11-16(19-2)23(24)25;1-3-2/h7-8,11,15,21H,1-4,6,9-10,12-13H2;3H,1-2H3/b14-7+,16-11+,20-8?;. The van der Waals surface area contributed by atoms with Crippen molar-refractivity contribution in [2.45, 2.75) is 18.9 Å². The number of rotatable bonds is 11. The zero-order chi connectivity index (χ0) is 21.9. The van der Waals surface area contributed by atoms with Crippen LogP contribution in [-0.4, -0.2) is 82.6 Å². The Morgan fingerprint density at radius 3 is 2.79 bits per heavy atom. The summed E-state index contributed by atoms with van der Waals surface area (Å²) in [6.45, 7) is 8.97. The van der Waals surface area contributed by atoms with Gasteiger partial charge in [-0.1, -0.05) is 4.99 Å². The first kappa shape index (κ1) is 26.1. The Kier molecular flexibility index (Phi) is 15.4. The van der Waals surface area contributed by atoms with Gasteiger partial charge < -0.3 is 30.4 Å². The lowest BCUT2D eigenvalue weighted by atomic mass is 10.2. The minimum atomic E-state index is -0.594. The molecule has 1 saturated heterocycles. The Morgan fingerprint density at radius 2 is 2.21 bits per heavy atom. The fourth-order valence-electron chi connectivity index (χ4n) is 2.16. The molecule has 1 rings (SSSR count). The fourth-order valence-corrected chi connectivity index (χ4v) is 2.16. The summed E-state index contributed by atoms with van der Waals surface area (Å²) in [5.74, 6) is -0.324. The van der Waals surface area contributed by atoms with E-state index in [4.69, 9.17) is 10.00 Å². The maximum Gasteiger partial charge on any atom is 0.378 e. The highest BCUT2D eigenvalue weighted by Gasteiger charge is 2.20. The maximum atomic E-state index is 10.8. The molecule has 11 heteroatoms. The molecule has 0 aromatic heterocycles. The normalized spacial score (nSPS) is 17.3. The van der Waals surface area contributed by atoms with Crippen LogP contribution in [0.1, 0.15) is 12.8 Å². The molecule has 0 saturated carbocycles. The molecular formula is C18H30N8O3. The number of nitro groups is 1. The highest BCUT2D eigenvalue weighted by molar-refractivity contribution is 5.79. The minimum absolute atomic E-state index is 0.0296. The van der Waals surface area contributed by atoms with Crippen LogP contribution < -0.4 is 10.6 Å². The summed E-state index contributed by atoms with van der Waals surface area (Å²) in [5.41, 5.74) is 0.836. The van der Waals surface area contributed by atoms with Gasteiger partial charge in [0.25, 0.3) is 0 Å². The first-order valence-corrected chi connectivity index (χ1v) is 9.00. The lowest BCUT2D eigenvalue weighted by Crippen LogP contribution is -2.48. The van der Waals surface area contributed by atoms with Gasteiger partial charge in [-0.3, -0.25) is 9.98 Å². The number of unbranched alkanes of at least 4 members (excludes halogenated alkanes) is 1. The van der Waals surface area contributed by atoms with Gasteiger partial charge in [-0.05, 0) is 32.2 Å². The molecule has 1 aliphatic rings. The van der Waals surface area contributed by atoms with Gasteiger partial charge in [-0.15, -0.1) is 0 Å². The number of nitriles is 1. The van der Waals surface area contributed by atoms with Crippen LogP contribution in [0.25, 0.3) is 0 Å². The van der Waals surface area contributed by atoms with Crippen LogP contribution in [-0.2, 0) is 4.74 Å². The first-order chi connectivity index (χ1) is 14.0. The van der Waals surface area contributed by atoms with Gasteiger partial charge in [0.15, 0.2) is 0 Å². The Morgan fingerprint density at radius 1 is 1.48 bits per heavy atom. The van der Waals surface area contributed by atoms with E-state index in [0.29, 0.717) is 39.1 Å². The number of hydrogen-bond donors (Lipinski definition) is 2. The molecular weight excluding hydrogens is 376 g/mol. The number of nitrogens with one attached hydrogen (secondary N) is 2. The second-order valence-corrected chi connectivity index (χ2v) is 5.94. The monoisotopic (exact) mass is 406 g/mol. The highest BCUT2D eigenvalue weighted by Crippen LogP contribution is 2.07. The summed E-state index contributed by atoms with van der Waals surface area (Å²) in [7, 11) is 3.75. The Hall–Kier alpha value is -2.94. The van der Waals surface area contributed by atoms with E-state index in [-0.39, 0.29) is 18.6 Å². The molecule has 1 aliphatic heterocycles. The van der Waals surface area contributed by atoms with Gasteiger partial charge in [-0.2, -0.15) is 5.26 Å². The van der Waals surface area contributed by atoms with Crippen molar-refractivity contribution in [2.24, 2.45) is 15.0 Å². The molecule has 1 unspecified atom stereocenters. The van der Waals surface area contributed by atoms with Crippen molar-refractivity contribution >= 4 is 19.6 Å². The number of hydrogen-bond acceptors (Lipinski definition) is 10. The first-order valence-electron chi connectivity index (χ1n) is 9.00.